The molecule has 0 atom stereocenters. The Hall–Kier alpha value is -0.700. The van der Waals surface area contributed by atoms with Gasteiger partial charge in [-0.3, -0.25) is 0 Å². The van der Waals surface area contributed by atoms with Gasteiger partial charge >= 0.3 is 0 Å². The van der Waals surface area contributed by atoms with Crippen LogP contribution in [0.15, 0.2) is 27.6 Å². The van der Waals surface area contributed by atoms with E-state index in [9.17, 15) is 8.42 Å². The van der Waals surface area contributed by atoms with E-state index in [0.717, 1.165) is 15.1 Å². The van der Waals surface area contributed by atoms with E-state index in [4.69, 9.17) is 12.2 Å². The van der Waals surface area contributed by atoms with E-state index in [1.807, 2.05) is 6.92 Å². The van der Waals surface area contributed by atoms with Crippen LogP contribution < -0.4 is 5.32 Å². The summed E-state index contributed by atoms with van der Waals surface area (Å²) >= 11 is 8.79. The van der Waals surface area contributed by atoms with E-state index < -0.39 is 10.0 Å². The number of hydrogen-bond donors (Lipinski definition) is 1. The van der Waals surface area contributed by atoms with E-state index in [1.165, 1.54) is 12.8 Å². The van der Waals surface area contributed by atoms with Crippen LogP contribution in [0.4, 0.5) is 0 Å². The molecule has 2 aliphatic rings. The predicted molar refractivity (Wildman–Crippen MR) is 98.0 cm³/mol. The minimum absolute atomic E-state index is 0.352. The van der Waals surface area contributed by atoms with Gasteiger partial charge < -0.3 is 10.2 Å². The van der Waals surface area contributed by atoms with Gasteiger partial charge in [0.2, 0.25) is 10.0 Å². The van der Waals surface area contributed by atoms with Crippen LogP contribution in [-0.4, -0.2) is 55.0 Å². The SMILES string of the molecule is Cc1cc(S(=O)(=O)N2CCN(C(=S)NC3CC3)CC2)ccc1Br. The lowest BCUT2D eigenvalue weighted by Crippen LogP contribution is -2.53. The number of halogens is 1. The topological polar surface area (TPSA) is 52.7 Å². The summed E-state index contributed by atoms with van der Waals surface area (Å²) in [5.41, 5.74) is 0.916. The Morgan fingerprint density at radius 1 is 1.26 bits per heavy atom. The maximum atomic E-state index is 12.8. The highest BCUT2D eigenvalue weighted by Gasteiger charge is 2.31. The Labute approximate surface area is 151 Å². The fourth-order valence-corrected chi connectivity index (χ4v) is 4.66. The molecule has 5 nitrogen and oxygen atoms in total. The molecule has 1 aromatic carbocycles. The van der Waals surface area contributed by atoms with Crippen LogP contribution in [0.3, 0.4) is 0 Å². The summed E-state index contributed by atoms with van der Waals surface area (Å²) in [7, 11) is -3.44. The molecule has 126 valence electrons. The minimum Gasteiger partial charge on any atom is -0.360 e. The summed E-state index contributed by atoms with van der Waals surface area (Å²) in [4.78, 5) is 2.41. The van der Waals surface area contributed by atoms with Crippen molar-refractivity contribution in [2.75, 3.05) is 26.2 Å². The molecule has 0 unspecified atom stereocenters. The van der Waals surface area contributed by atoms with Crippen molar-refractivity contribution in [2.45, 2.75) is 30.7 Å². The Morgan fingerprint density at radius 3 is 2.48 bits per heavy atom. The Morgan fingerprint density at radius 2 is 1.91 bits per heavy atom. The fourth-order valence-electron chi connectivity index (χ4n) is 2.55. The van der Waals surface area contributed by atoms with Crippen LogP contribution in [0.25, 0.3) is 0 Å². The average Bonchev–Trinajstić information content (AvgIpc) is 3.34. The third kappa shape index (κ3) is 3.87. The smallest absolute Gasteiger partial charge is 0.243 e. The third-order valence-electron chi connectivity index (χ3n) is 4.20. The van der Waals surface area contributed by atoms with E-state index >= 15 is 0 Å². The number of aryl methyl sites for hydroxylation is 1. The van der Waals surface area contributed by atoms with Crippen LogP contribution in [0.1, 0.15) is 18.4 Å². The quantitative estimate of drug-likeness (QED) is 0.763. The Kier molecular flexibility index (Phi) is 4.96. The average molecular weight is 418 g/mol. The summed E-state index contributed by atoms with van der Waals surface area (Å²) in [5, 5.41) is 4.06. The second-order valence-corrected chi connectivity index (χ2v) is 9.20. The number of benzene rings is 1. The second-order valence-electron chi connectivity index (χ2n) is 6.03. The first-order chi connectivity index (χ1) is 10.9. The van der Waals surface area contributed by atoms with Gasteiger partial charge in [-0.15, -0.1) is 0 Å². The van der Waals surface area contributed by atoms with Crippen molar-refractivity contribution in [2.24, 2.45) is 0 Å². The molecular formula is C15H20BrN3O2S2. The van der Waals surface area contributed by atoms with Gasteiger partial charge in [0.05, 0.1) is 4.90 Å². The summed E-state index contributed by atoms with van der Waals surface area (Å²) in [6.07, 6.45) is 2.36. The molecule has 0 bridgehead atoms. The number of hydrogen-bond acceptors (Lipinski definition) is 3. The van der Waals surface area contributed by atoms with Crippen molar-refractivity contribution in [1.29, 1.82) is 0 Å². The predicted octanol–water partition coefficient (Wildman–Crippen LogP) is 2.10. The molecule has 1 N–H and O–H groups in total. The molecule has 0 amide bonds. The van der Waals surface area contributed by atoms with Gasteiger partial charge in [0.25, 0.3) is 0 Å². The number of nitrogens with one attached hydrogen (secondary N) is 1. The van der Waals surface area contributed by atoms with Gasteiger partial charge in [-0.1, -0.05) is 15.9 Å². The number of nitrogens with zero attached hydrogens (tertiary/aromatic N) is 2. The number of rotatable bonds is 3. The van der Waals surface area contributed by atoms with Crippen LogP contribution in [0.2, 0.25) is 0 Å². The first-order valence-corrected chi connectivity index (χ1v) is 10.3. The highest BCUT2D eigenvalue weighted by Crippen LogP contribution is 2.24. The molecule has 1 aliphatic heterocycles. The van der Waals surface area contributed by atoms with Crippen molar-refractivity contribution in [1.82, 2.24) is 14.5 Å². The van der Waals surface area contributed by atoms with Crippen LogP contribution in [0.5, 0.6) is 0 Å². The van der Waals surface area contributed by atoms with E-state index in [2.05, 4.69) is 26.1 Å². The monoisotopic (exact) mass is 417 g/mol. The molecule has 0 spiro atoms. The number of piperazine rings is 1. The van der Waals surface area contributed by atoms with Gasteiger partial charge in [0.15, 0.2) is 5.11 Å². The lowest BCUT2D eigenvalue weighted by atomic mass is 10.2. The normalized spacial score (nSPS) is 19.7. The van der Waals surface area contributed by atoms with Crippen molar-refractivity contribution in [3.8, 4) is 0 Å². The highest BCUT2D eigenvalue weighted by atomic mass is 79.9. The maximum absolute atomic E-state index is 12.8. The standard InChI is InChI=1S/C15H20BrN3O2S2/c1-11-10-13(4-5-14(11)16)23(20,21)19-8-6-18(7-9-19)15(22)17-12-2-3-12/h4-5,10,12H,2-3,6-9H2,1H3,(H,17,22). The van der Waals surface area contributed by atoms with Crippen molar-refractivity contribution in [3.05, 3.63) is 28.2 Å². The van der Waals surface area contributed by atoms with Crippen LogP contribution in [0, 0.1) is 6.92 Å². The summed E-state index contributed by atoms with van der Waals surface area (Å²) in [5.74, 6) is 0. The Balaban J connectivity index is 1.65. The molecule has 8 heteroatoms. The highest BCUT2D eigenvalue weighted by molar-refractivity contribution is 9.10. The molecule has 1 aliphatic carbocycles. The molecule has 0 aromatic heterocycles. The zero-order valence-electron chi connectivity index (χ0n) is 13.0. The molecule has 2 fully saturated rings. The molecular weight excluding hydrogens is 398 g/mol. The summed E-state index contributed by atoms with van der Waals surface area (Å²) in [6, 6.07) is 5.67. The zero-order valence-corrected chi connectivity index (χ0v) is 16.2. The van der Waals surface area contributed by atoms with E-state index in [1.54, 1.807) is 22.5 Å². The van der Waals surface area contributed by atoms with Gasteiger partial charge in [0, 0.05) is 36.7 Å². The summed E-state index contributed by atoms with van der Waals surface area (Å²) < 4.78 is 28.0. The molecule has 1 saturated carbocycles. The maximum Gasteiger partial charge on any atom is 0.243 e. The van der Waals surface area contributed by atoms with Gasteiger partial charge in [-0.2, -0.15) is 4.31 Å². The minimum atomic E-state index is -3.44. The van der Waals surface area contributed by atoms with E-state index in [0.29, 0.717) is 37.1 Å². The lowest BCUT2D eigenvalue weighted by molar-refractivity contribution is 0.264. The van der Waals surface area contributed by atoms with E-state index in [-0.39, 0.29) is 0 Å². The zero-order chi connectivity index (χ0) is 16.6. The first kappa shape index (κ1) is 17.1. The summed E-state index contributed by atoms with van der Waals surface area (Å²) in [6.45, 7) is 4.08. The molecule has 1 heterocycles. The Bertz CT molecular complexity index is 711. The molecule has 23 heavy (non-hydrogen) atoms. The van der Waals surface area contributed by atoms with Gasteiger partial charge in [0.1, 0.15) is 0 Å². The molecule has 1 saturated heterocycles. The van der Waals surface area contributed by atoms with Crippen molar-refractivity contribution >= 4 is 43.3 Å². The second kappa shape index (κ2) is 6.66. The number of sulfonamides is 1. The molecule has 3 rings (SSSR count). The van der Waals surface area contributed by atoms with Crippen molar-refractivity contribution < 1.29 is 8.42 Å². The fraction of sp³-hybridized carbons (Fsp3) is 0.533. The molecule has 0 radical (unpaired) electrons. The van der Waals surface area contributed by atoms with Crippen molar-refractivity contribution in [3.63, 3.8) is 0 Å². The largest absolute Gasteiger partial charge is 0.360 e. The van der Waals surface area contributed by atoms with Gasteiger partial charge in [-0.25, -0.2) is 8.42 Å². The molecule has 1 aromatic rings. The van der Waals surface area contributed by atoms with Crippen LogP contribution >= 0.6 is 28.1 Å². The number of thiocarbonyl (C=S) groups is 1. The third-order valence-corrected chi connectivity index (χ3v) is 7.36. The van der Waals surface area contributed by atoms with Crippen LogP contribution in [-0.2, 0) is 10.0 Å². The van der Waals surface area contributed by atoms with Gasteiger partial charge in [-0.05, 0) is 55.7 Å². The first-order valence-electron chi connectivity index (χ1n) is 7.69. The lowest BCUT2D eigenvalue weighted by Gasteiger charge is -2.35.